The molecular weight excluding hydrogens is 254 g/mol. The lowest BCUT2D eigenvalue weighted by Crippen LogP contribution is -2.31. The van der Waals surface area contributed by atoms with Crippen molar-refractivity contribution in [3.8, 4) is 17.2 Å². The number of nitrogens with two attached hydrogens (primary N) is 1. The molecule has 106 valence electrons. The third-order valence-corrected chi connectivity index (χ3v) is 3.17. The molecule has 2 rings (SSSR count). The molecule has 0 aromatic heterocycles. The van der Waals surface area contributed by atoms with E-state index >= 15 is 0 Å². The van der Waals surface area contributed by atoms with Gasteiger partial charge in [0.2, 0.25) is 0 Å². The first-order valence-electron chi connectivity index (χ1n) is 6.40. The van der Waals surface area contributed by atoms with E-state index < -0.39 is 5.60 Å². The first kappa shape index (κ1) is 14.4. The number of methoxy groups -OCH3 is 1. The highest BCUT2D eigenvalue weighted by Crippen LogP contribution is 2.31. The summed E-state index contributed by atoms with van der Waals surface area (Å²) in [4.78, 5) is 0. The lowest BCUT2D eigenvalue weighted by Gasteiger charge is -2.21. The van der Waals surface area contributed by atoms with Crippen LogP contribution in [0.15, 0.2) is 48.5 Å². The van der Waals surface area contributed by atoms with Gasteiger partial charge in [-0.2, -0.15) is 0 Å². The van der Waals surface area contributed by atoms with Crippen LogP contribution in [0.25, 0.3) is 0 Å². The van der Waals surface area contributed by atoms with E-state index in [1.807, 2.05) is 24.3 Å². The van der Waals surface area contributed by atoms with Gasteiger partial charge in [0, 0.05) is 6.54 Å². The van der Waals surface area contributed by atoms with E-state index in [0.717, 1.165) is 5.56 Å². The van der Waals surface area contributed by atoms with Crippen molar-refractivity contribution in [1.29, 1.82) is 0 Å². The second-order valence-corrected chi connectivity index (χ2v) is 4.76. The molecular formula is C16H19NO3. The zero-order chi connectivity index (χ0) is 14.6. The van der Waals surface area contributed by atoms with E-state index in [0.29, 0.717) is 17.2 Å². The molecule has 0 bridgehead atoms. The van der Waals surface area contributed by atoms with Crippen LogP contribution in [0.3, 0.4) is 0 Å². The Bertz CT molecular complexity index is 564. The Morgan fingerprint density at radius 3 is 2.20 bits per heavy atom. The molecule has 0 aliphatic heterocycles. The Balaban J connectivity index is 2.19. The SMILES string of the molecule is COc1ccccc1Oc1ccc(C(C)(O)CN)cc1. The van der Waals surface area contributed by atoms with Gasteiger partial charge in [-0.25, -0.2) is 0 Å². The van der Waals surface area contributed by atoms with Gasteiger partial charge in [-0.15, -0.1) is 0 Å². The van der Waals surface area contributed by atoms with Crippen LogP contribution in [0.1, 0.15) is 12.5 Å². The van der Waals surface area contributed by atoms with Crippen molar-refractivity contribution >= 4 is 0 Å². The zero-order valence-electron chi connectivity index (χ0n) is 11.7. The Morgan fingerprint density at radius 2 is 1.65 bits per heavy atom. The van der Waals surface area contributed by atoms with Gasteiger partial charge in [-0.05, 0) is 36.8 Å². The van der Waals surface area contributed by atoms with Crippen LogP contribution in [-0.4, -0.2) is 18.8 Å². The molecule has 2 aromatic carbocycles. The van der Waals surface area contributed by atoms with Crippen LogP contribution in [0.4, 0.5) is 0 Å². The normalized spacial score (nSPS) is 13.6. The minimum atomic E-state index is -1.02. The van der Waals surface area contributed by atoms with E-state index in [1.165, 1.54) is 0 Å². The fraction of sp³-hybridized carbons (Fsp3) is 0.250. The van der Waals surface area contributed by atoms with Gasteiger partial charge < -0.3 is 20.3 Å². The largest absolute Gasteiger partial charge is 0.493 e. The van der Waals surface area contributed by atoms with E-state index in [9.17, 15) is 5.11 Å². The van der Waals surface area contributed by atoms with E-state index in [4.69, 9.17) is 15.2 Å². The maximum Gasteiger partial charge on any atom is 0.169 e. The van der Waals surface area contributed by atoms with Gasteiger partial charge in [0.15, 0.2) is 11.5 Å². The van der Waals surface area contributed by atoms with Crippen molar-refractivity contribution in [3.05, 3.63) is 54.1 Å². The first-order valence-corrected chi connectivity index (χ1v) is 6.40. The van der Waals surface area contributed by atoms with Crippen LogP contribution in [0, 0.1) is 0 Å². The molecule has 0 heterocycles. The molecule has 4 nitrogen and oxygen atoms in total. The number of benzene rings is 2. The van der Waals surface area contributed by atoms with Crippen LogP contribution in [-0.2, 0) is 5.60 Å². The lowest BCUT2D eigenvalue weighted by molar-refractivity contribution is 0.0668. The molecule has 0 amide bonds. The minimum absolute atomic E-state index is 0.166. The fourth-order valence-electron chi connectivity index (χ4n) is 1.83. The molecule has 20 heavy (non-hydrogen) atoms. The molecule has 4 heteroatoms. The number of ether oxygens (including phenoxy) is 2. The molecule has 0 saturated carbocycles. The summed E-state index contributed by atoms with van der Waals surface area (Å²) < 4.78 is 11.0. The van der Waals surface area contributed by atoms with E-state index in [1.54, 1.807) is 38.3 Å². The fourth-order valence-corrected chi connectivity index (χ4v) is 1.83. The minimum Gasteiger partial charge on any atom is -0.493 e. The monoisotopic (exact) mass is 273 g/mol. The topological polar surface area (TPSA) is 64.7 Å². The first-order chi connectivity index (χ1) is 9.56. The van der Waals surface area contributed by atoms with E-state index in [-0.39, 0.29) is 6.54 Å². The standard InChI is InChI=1S/C16H19NO3/c1-16(18,11-17)12-7-9-13(10-8-12)20-15-6-4-3-5-14(15)19-2/h3-10,18H,11,17H2,1-2H3. The smallest absolute Gasteiger partial charge is 0.169 e. The highest BCUT2D eigenvalue weighted by Gasteiger charge is 2.20. The Morgan fingerprint density at radius 1 is 1.05 bits per heavy atom. The summed E-state index contributed by atoms with van der Waals surface area (Å²) in [5.74, 6) is 1.99. The summed E-state index contributed by atoms with van der Waals surface area (Å²) in [7, 11) is 1.60. The average Bonchev–Trinajstić information content (AvgIpc) is 2.48. The molecule has 0 aliphatic carbocycles. The predicted molar refractivity (Wildman–Crippen MR) is 78.1 cm³/mol. The maximum atomic E-state index is 10.1. The lowest BCUT2D eigenvalue weighted by atomic mass is 9.96. The number of rotatable bonds is 5. The quantitative estimate of drug-likeness (QED) is 0.879. The third kappa shape index (κ3) is 3.10. The molecule has 1 atom stereocenters. The molecule has 3 N–H and O–H groups in total. The van der Waals surface area contributed by atoms with Gasteiger partial charge >= 0.3 is 0 Å². The van der Waals surface area contributed by atoms with Gasteiger partial charge in [-0.1, -0.05) is 24.3 Å². The third-order valence-electron chi connectivity index (χ3n) is 3.17. The Hall–Kier alpha value is -2.04. The number of aliphatic hydroxyl groups is 1. The summed E-state index contributed by atoms with van der Waals surface area (Å²) >= 11 is 0. The molecule has 0 spiro atoms. The Kier molecular flexibility index (Phi) is 4.27. The molecule has 0 aliphatic rings. The van der Waals surface area contributed by atoms with Crippen LogP contribution in [0.2, 0.25) is 0 Å². The van der Waals surface area contributed by atoms with Crippen LogP contribution in [0.5, 0.6) is 17.2 Å². The van der Waals surface area contributed by atoms with Crippen molar-refractivity contribution in [1.82, 2.24) is 0 Å². The zero-order valence-corrected chi connectivity index (χ0v) is 11.7. The molecule has 2 aromatic rings. The highest BCUT2D eigenvalue weighted by atomic mass is 16.5. The predicted octanol–water partition coefficient (Wildman–Crippen LogP) is 2.65. The second-order valence-electron chi connectivity index (χ2n) is 4.76. The summed E-state index contributed by atoms with van der Waals surface area (Å²) in [6.45, 7) is 1.85. The highest BCUT2D eigenvalue weighted by molar-refractivity contribution is 5.43. The van der Waals surface area contributed by atoms with Crippen molar-refractivity contribution in [2.75, 3.05) is 13.7 Å². The maximum absolute atomic E-state index is 10.1. The van der Waals surface area contributed by atoms with Gasteiger partial charge in [0.1, 0.15) is 5.75 Å². The summed E-state index contributed by atoms with van der Waals surface area (Å²) in [6, 6.07) is 14.6. The number of hydrogen-bond donors (Lipinski definition) is 2. The molecule has 1 unspecified atom stereocenters. The van der Waals surface area contributed by atoms with Crippen molar-refractivity contribution in [2.45, 2.75) is 12.5 Å². The van der Waals surface area contributed by atoms with Gasteiger partial charge in [0.25, 0.3) is 0 Å². The van der Waals surface area contributed by atoms with Crippen molar-refractivity contribution in [2.24, 2.45) is 5.73 Å². The number of hydrogen-bond acceptors (Lipinski definition) is 4. The van der Waals surface area contributed by atoms with Gasteiger partial charge in [-0.3, -0.25) is 0 Å². The molecule has 0 fully saturated rings. The summed E-state index contributed by atoms with van der Waals surface area (Å²) in [5.41, 5.74) is 5.27. The van der Waals surface area contributed by atoms with E-state index in [2.05, 4.69) is 0 Å². The molecule has 0 saturated heterocycles. The number of para-hydroxylation sites is 2. The van der Waals surface area contributed by atoms with Crippen LogP contribution >= 0.6 is 0 Å². The van der Waals surface area contributed by atoms with Crippen molar-refractivity contribution in [3.63, 3.8) is 0 Å². The summed E-state index contributed by atoms with van der Waals surface area (Å²) in [5, 5.41) is 10.1. The Labute approximate surface area is 118 Å². The summed E-state index contributed by atoms with van der Waals surface area (Å²) in [6.07, 6.45) is 0. The van der Waals surface area contributed by atoms with Crippen LogP contribution < -0.4 is 15.2 Å². The van der Waals surface area contributed by atoms with Gasteiger partial charge in [0.05, 0.1) is 12.7 Å². The molecule has 0 radical (unpaired) electrons. The van der Waals surface area contributed by atoms with Crippen molar-refractivity contribution < 1.29 is 14.6 Å². The second kappa shape index (κ2) is 5.94. The average molecular weight is 273 g/mol.